The van der Waals surface area contributed by atoms with Crippen LogP contribution < -0.4 is 5.32 Å². The first kappa shape index (κ1) is 12.2. The third kappa shape index (κ3) is 2.93. The van der Waals surface area contributed by atoms with E-state index >= 15 is 0 Å². The van der Waals surface area contributed by atoms with Crippen LogP contribution in [0.25, 0.3) is 0 Å². The first-order chi connectivity index (χ1) is 8.92. The summed E-state index contributed by atoms with van der Waals surface area (Å²) in [5.74, 6) is 1.63. The lowest BCUT2D eigenvalue weighted by Crippen LogP contribution is -2.39. The predicted molar refractivity (Wildman–Crippen MR) is 72.6 cm³/mol. The van der Waals surface area contributed by atoms with Gasteiger partial charge in [-0.05, 0) is 63.8 Å². The highest BCUT2D eigenvalue weighted by Gasteiger charge is 2.23. The van der Waals surface area contributed by atoms with E-state index in [-0.39, 0.29) is 0 Å². The molecule has 0 unspecified atom stereocenters. The van der Waals surface area contributed by atoms with Crippen LogP contribution in [0.2, 0.25) is 0 Å². The fourth-order valence-electron chi connectivity index (χ4n) is 3.35. The molecule has 0 aromatic carbocycles. The van der Waals surface area contributed by atoms with Crippen molar-refractivity contribution >= 4 is 0 Å². The van der Waals surface area contributed by atoms with Gasteiger partial charge in [0.05, 0.1) is 0 Å². The molecular weight excluding hydrogens is 224 g/mol. The van der Waals surface area contributed by atoms with Crippen molar-refractivity contribution < 1.29 is 0 Å². The molecule has 4 nitrogen and oxygen atoms in total. The maximum atomic E-state index is 4.06. The Morgan fingerprint density at radius 3 is 2.61 bits per heavy atom. The van der Waals surface area contributed by atoms with Gasteiger partial charge in [-0.2, -0.15) is 5.10 Å². The fraction of sp³-hybridized carbons (Fsp3) is 0.786. The van der Waals surface area contributed by atoms with Gasteiger partial charge in [0.2, 0.25) is 0 Å². The van der Waals surface area contributed by atoms with Crippen molar-refractivity contribution in [2.24, 2.45) is 5.92 Å². The van der Waals surface area contributed by atoms with E-state index in [1.165, 1.54) is 64.1 Å². The smallest absolute Gasteiger partial charge is 0.0490 e. The lowest BCUT2D eigenvalue weighted by molar-refractivity contribution is 0.166. The number of nitrogens with zero attached hydrogens (tertiary/aromatic N) is 2. The minimum absolute atomic E-state index is 0.705. The van der Waals surface area contributed by atoms with Gasteiger partial charge < -0.3 is 10.2 Å². The summed E-state index contributed by atoms with van der Waals surface area (Å²) in [6.45, 7) is 6.27. The summed E-state index contributed by atoms with van der Waals surface area (Å²) in [5, 5.41) is 10.6. The second-order valence-electron chi connectivity index (χ2n) is 5.78. The summed E-state index contributed by atoms with van der Waals surface area (Å²) in [6.07, 6.45) is 7.16. The first-order valence-corrected chi connectivity index (χ1v) is 7.34. The number of piperidine rings is 2. The highest BCUT2D eigenvalue weighted by molar-refractivity contribution is 5.06. The van der Waals surface area contributed by atoms with Gasteiger partial charge >= 0.3 is 0 Å². The summed E-state index contributed by atoms with van der Waals surface area (Å²) < 4.78 is 0. The van der Waals surface area contributed by atoms with Gasteiger partial charge in [0.1, 0.15) is 0 Å². The zero-order valence-electron chi connectivity index (χ0n) is 11.1. The Balaban J connectivity index is 1.45. The van der Waals surface area contributed by atoms with E-state index in [0.717, 1.165) is 5.92 Å². The monoisotopic (exact) mass is 248 g/mol. The second kappa shape index (κ2) is 5.85. The highest BCUT2D eigenvalue weighted by Crippen LogP contribution is 2.27. The molecule has 1 aromatic heterocycles. The summed E-state index contributed by atoms with van der Waals surface area (Å²) in [6, 6.07) is 2.13. The minimum atomic E-state index is 0.705. The van der Waals surface area contributed by atoms with E-state index in [9.17, 15) is 0 Å². The number of likely N-dealkylation sites (tertiary alicyclic amines) is 1. The van der Waals surface area contributed by atoms with E-state index in [2.05, 4.69) is 26.5 Å². The molecule has 2 fully saturated rings. The average molecular weight is 248 g/mol. The maximum Gasteiger partial charge on any atom is 0.0490 e. The summed E-state index contributed by atoms with van der Waals surface area (Å²) >= 11 is 0. The van der Waals surface area contributed by atoms with E-state index in [1.807, 2.05) is 6.20 Å². The molecule has 0 radical (unpaired) electrons. The second-order valence-corrected chi connectivity index (χ2v) is 5.78. The van der Waals surface area contributed by atoms with Crippen LogP contribution in [0.15, 0.2) is 12.3 Å². The van der Waals surface area contributed by atoms with Crippen molar-refractivity contribution in [1.82, 2.24) is 20.4 Å². The molecule has 3 rings (SSSR count). The van der Waals surface area contributed by atoms with Crippen molar-refractivity contribution in [3.63, 3.8) is 0 Å². The summed E-state index contributed by atoms with van der Waals surface area (Å²) in [7, 11) is 0. The number of hydrogen-bond acceptors (Lipinski definition) is 3. The van der Waals surface area contributed by atoms with Gasteiger partial charge in [-0.15, -0.1) is 0 Å². The van der Waals surface area contributed by atoms with Gasteiger partial charge in [0, 0.05) is 24.4 Å². The number of aromatic nitrogens is 2. The maximum absolute atomic E-state index is 4.06. The van der Waals surface area contributed by atoms with Crippen molar-refractivity contribution in [1.29, 1.82) is 0 Å². The van der Waals surface area contributed by atoms with Gasteiger partial charge in [0.15, 0.2) is 0 Å². The molecule has 1 aromatic rings. The van der Waals surface area contributed by atoms with Crippen LogP contribution >= 0.6 is 0 Å². The van der Waals surface area contributed by atoms with Gasteiger partial charge in [-0.1, -0.05) is 0 Å². The molecule has 0 atom stereocenters. The number of aromatic amines is 1. The predicted octanol–water partition coefficient (Wildman–Crippen LogP) is 1.59. The van der Waals surface area contributed by atoms with Crippen molar-refractivity contribution in [3.05, 3.63) is 18.0 Å². The molecule has 4 heteroatoms. The molecule has 3 heterocycles. The number of hydrogen-bond donors (Lipinski definition) is 2. The molecule has 0 bridgehead atoms. The molecule has 100 valence electrons. The van der Waals surface area contributed by atoms with Crippen LogP contribution in [-0.4, -0.2) is 47.8 Å². The number of H-pyrrole nitrogens is 1. The fourth-order valence-corrected chi connectivity index (χ4v) is 3.35. The Hall–Kier alpha value is -0.870. The SMILES string of the molecule is c1cc(C2CCN(CC3CCNCC3)CC2)[nH]n1. The van der Waals surface area contributed by atoms with E-state index in [0.29, 0.717) is 5.92 Å². The van der Waals surface area contributed by atoms with Crippen molar-refractivity contribution in [2.45, 2.75) is 31.6 Å². The molecule has 2 aliphatic heterocycles. The third-order valence-corrected chi connectivity index (χ3v) is 4.52. The summed E-state index contributed by atoms with van der Waals surface area (Å²) in [5.41, 5.74) is 1.33. The number of nitrogens with one attached hydrogen (secondary N) is 2. The number of rotatable bonds is 3. The van der Waals surface area contributed by atoms with Gasteiger partial charge in [-0.3, -0.25) is 5.10 Å². The normalized spacial score (nSPS) is 24.4. The standard InChI is InChI=1S/C14H24N4/c1-6-15-7-2-12(1)11-18-9-4-13(5-10-18)14-3-8-16-17-14/h3,8,12-13,15H,1-2,4-7,9-11H2,(H,16,17). The average Bonchev–Trinajstić information content (AvgIpc) is 2.95. The van der Waals surface area contributed by atoms with E-state index in [1.54, 1.807) is 0 Å². The van der Waals surface area contributed by atoms with Crippen molar-refractivity contribution in [2.75, 3.05) is 32.7 Å². The molecule has 18 heavy (non-hydrogen) atoms. The van der Waals surface area contributed by atoms with E-state index < -0.39 is 0 Å². The van der Waals surface area contributed by atoms with Crippen LogP contribution in [-0.2, 0) is 0 Å². The van der Waals surface area contributed by atoms with Gasteiger partial charge in [0.25, 0.3) is 0 Å². The highest BCUT2D eigenvalue weighted by atomic mass is 15.1. The molecule has 0 amide bonds. The largest absolute Gasteiger partial charge is 0.317 e. The van der Waals surface area contributed by atoms with E-state index in [4.69, 9.17) is 0 Å². The van der Waals surface area contributed by atoms with Crippen LogP contribution in [0.5, 0.6) is 0 Å². The Bertz CT molecular complexity index is 335. The quantitative estimate of drug-likeness (QED) is 0.854. The van der Waals surface area contributed by atoms with Crippen LogP contribution in [0.1, 0.15) is 37.3 Å². The molecule has 0 saturated carbocycles. The van der Waals surface area contributed by atoms with Crippen LogP contribution in [0.3, 0.4) is 0 Å². The molecular formula is C14H24N4. The third-order valence-electron chi connectivity index (χ3n) is 4.52. The first-order valence-electron chi connectivity index (χ1n) is 7.34. The Labute approximate surface area is 109 Å². The molecule has 2 aliphatic rings. The zero-order valence-corrected chi connectivity index (χ0v) is 11.1. The zero-order chi connectivity index (χ0) is 12.2. The lowest BCUT2D eigenvalue weighted by Gasteiger charge is -2.35. The minimum Gasteiger partial charge on any atom is -0.317 e. The molecule has 2 N–H and O–H groups in total. The molecule has 2 saturated heterocycles. The topological polar surface area (TPSA) is 44.0 Å². The lowest BCUT2D eigenvalue weighted by atomic mass is 9.91. The summed E-state index contributed by atoms with van der Waals surface area (Å²) in [4.78, 5) is 2.67. The van der Waals surface area contributed by atoms with Crippen LogP contribution in [0, 0.1) is 5.92 Å². The molecule has 0 spiro atoms. The Kier molecular flexibility index (Phi) is 3.96. The van der Waals surface area contributed by atoms with Gasteiger partial charge in [-0.25, -0.2) is 0 Å². The van der Waals surface area contributed by atoms with Crippen LogP contribution in [0.4, 0.5) is 0 Å². The Morgan fingerprint density at radius 2 is 1.94 bits per heavy atom. The van der Waals surface area contributed by atoms with Crippen molar-refractivity contribution in [3.8, 4) is 0 Å². The Morgan fingerprint density at radius 1 is 1.17 bits per heavy atom. The molecule has 0 aliphatic carbocycles.